The van der Waals surface area contributed by atoms with Crippen LogP contribution in [0.4, 0.5) is 14.9 Å². The lowest BCUT2D eigenvalue weighted by Crippen LogP contribution is -2.49. The molecule has 3 aromatic rings. The number of rotatable bonds is 15. The van der Waals surface area contributed by atoms with E-state index in [9.17, 15) is 38.3 Å². The average Bonchev–Trinajstić information content (AvgIpc) is 3.09. The predicted molar refractivity (Wildman–Crippen MR) is 183 cm³/mol. The molecule has 1 aliphatic heterocycles. The molecule has 4 rings (SSSR count). The van der Waals surface area contributed by atoms with Crippen LogP contribution < -0.4 is 5.32 Å². The van der Waals surface area contributed by atoms with Gasteiger partial charge in [-0.3, -0.25) is 14.9 Å². The molecule has 270 valence electrons. The normalized spacial score (nSPS) is 16.8. The van der Waals surface area contributed by atoms with Crippen molar-refractivity contribution in [1.29, 1.82) is 0 Å². The number of aryl methyl sites for hydroxylation is 1. The Labute approximate surface area is 290 Å². The van der Waals surface area contributed by atoms with E-state index >= 15 is 4.39 Å². The minimum Gasteiger partial charge on any atom is -0.465 e. The largest absolute Gasteiger partial charge is 0.465 e. The molecule has 4 N–H and O–H groups in total. The van der Waals surface area contributed by atoms with Gasteiger partial charge < -0.3 is 25.5 Å². The van der Waals surface area contributed by atoms with Crippen LogP contribution in [-0.2, 0) is 26.8 Å². The molecule has 1 aliphatic rings. The first-order chi connectivity index (χ1) is 23.7. The fraction of sp³-hybridized carbons (Fsp3) is 0.429. The molecule has 2 amide bonds. The number of nitro groups is 1. The van der Waals surface area contributed by atoms with Gasteiger partial charge in [-0.1, -0.05) is 55.5 Å². The van der Waals surface area contributed by atoms with Crippen molar-refractivity contribution in [2.45, 2.75) is 62.0 Å². The van der Waals surface area contributed by atoms with E-state index in [-0.39, 0.29) is 31.5 Å². The van der Waals surface area contributed by atoms with Gasteiger partial charge >= 0.3 is 6.09 Å². The zero-order valence-electron chi connectivity index (χ0n) is 28.0. The number of carboxylic acid groups (broad SMARTS) is 1. The lowest BCUT2D eigenvalue weighted by molar-refractivity contribution is -0.387. The number of sulfonamides is 1. The van der Waals surface area contributed by atoms with Crippen LogP contribution in [-0.4, -0.2) is 89.2 Å². The van der Waals surface area contributed by atoms with Gasteiger partial charge in [-0.05, 0) is 60.9 Å². The van der Waals surface area contributed by atoms with E-state index < -0.39 is 73.9 Å². The number of likely N-dealkylation sites (N-methyl/N-ethyl adjacent to an activating group) is 1. The van der Waals surface area contributed by atoms with Crippen molar-refractivity contribution >= 4 is 27.7 Å². The molecule has 15 heteroatoms. The maximum Gasteiger partial charge on any atom is 0.404 e. The predicted octanol–water partition coefficient (Wildman–Crippen LogP) is 4.51. The van der Waals surface area contributed by atoms with E-state index in [1.807, 2.05) is 25.1 Å². The molecule has 0 bridgehead atoms. The first kappa shape index (κ1) is 38.4. The smallest absolute Gasteiger partial charge is 0.404 e. The Bertz CT molecular complexity index is 1810. The van der Waals surface area contributed by atoms with Crippen LogP contribution >= 0.6 is 0 Å². The number of carbonyl (C=O) groups excluding carboxylic acids is 1. The topological polar surface area (TPSA) is 191 Å². The maximum absolute atomic E-state index is 15.7. The van der Waals surface area contributed by atoms with Crippen LogP contribution in [0.5, 0.6) is 0 Å². The van der Waals surface area contributed by atoms with Crippen LogP contribution in [0.15, 0.2) is 71.6 Å². The van der Waals surface area contributed by atoms with Gasteiger partial charge in [-0.15, -0.1) is 0 Å². The van der Waals surface area contributed by atoms with Crippen molar-refractivity contribution in [2.24, 2.45) is 5.92 Å². The number of hydrogen-bond acceptors (Lipinski definition) is 8. The standard InChI is InChI=1S/C35H43FN4O9S/c1-3-24-10-6-11-25(20-24)33-28(13-7-14-29(33)36)35(45,17-9-18-37-34(43)44)26-12-8-19-39(22-26)32(42)21-27(41)23-38(2)50(48,49)31-16-5-4-15-30(31)40(46)47/h4-7,10-11,13-16,20,26-27,37,41,45H,3,8-9,12,17-19,21-23H2,1-2H3,(H,43,44)/t26-,27?,35?/m1/s1. The summed E-state index contributed by atoms with van der Waals surface area (Å²) < 4.78 is 42.7. The number of likely N-dealkylation sites (tertiary alicyclic amines) is 1. The van der Waals surface area contributed by atoms with Crippen molar-refractivity contribution in [3.63, 3.8) is 0 Å². The Morgan fingerprint density at radius 2 is 1.88 bits per heavy atom. The molecule has 2 unspecified atom stereocenters. The molecule has 0 aromatic heterocycles. The Kier molecular flexibility index (Phi) is 12.7. The highest BCUT2D eigenvalue weighted by Gasteiger charge is 2.43. The number of nitrogens with one attached hydrogen (secondary N) is 1. The number of amides is 2. The number of para-hydroxylation sites is 1. The summed E-state index contributed by atoms with van der Waals surface area (Å²) in [6, 6.07) is 16.7. The molecular weight excluding hydrogens is 671 g/mol. The summed E-state index contributed by atoms with van der Waals surface area (Å²) in [6.07, 6.45) is -1.20. The molecule has 1 saturated heterocycles. The lowest BCUT2D eigenvalue weighted by Gasteiger charge is -2.44. The lowest BCUT2D eigenvalue weighted by atomic mass is 9.72. The van der Waals surface area contributed by atoms with Gasteiger partial charge in [0.1, 0.15) is 5.82 Å². The first-order valence-electron chi connectivity index (χ1n) is 16.4. The van der Waals surface area contributed by atoms with Gasteiger partial charge in [0.05, 0.1) is 23.0 Å². The number of piperidine rings is 1. The van der Waals surface area contributed by atoms with Gasteiger partial charge in [0.25, 0.3) is 5.69 Å². The number of aliphatic hydroxyl groups is 2. The zero-order chi connectivity index (χ0) is 36.6. The van der Waals surface area contributed by atoms with Crippen molar-refractivity contribution < 1.29 is 42.6 Å². The Hall–Kier alpha value is -4.44. The van der Waals surface area contributed by atoms with Crippen LogP contribution in [0.25, 0.3) is 11.1 Å². The number of carbonyl (C=O) groups is 2. The third-order valence-corrected chi connectivity index (χ3v) is 11.1. The average molecular weight is 715 g/mol. The highest BCUT2D eigenvalue weighted by Crippen LogP contribution is 2.44. The van der Waals surface area contributed by atoms with E-state index in [0.717, 1.165) is 29.0 Å². The van der Waals surface area contributed by atoms with Gasteiger partial charge in [0.2, 0.25) is 15.9 Å². The second kappa shape index (κ2) is 16.5. The SMILES string of the molecule is CCc1cccc(-c2c(F)cccc2C(O)(CCCNC(=O)O)[C@@H]2CCCN(C(=O)CC(O)CN(C)S(=O)(=O)c3ccccc3[N+](=O)[O-])C2)c1. The van der Waals surface area contributed by atoms with Gasteiger partial charge in [-0.25, -0.2) is 17.6 Å². The first-order valence-corrected chi connectivity index (χ1v) is 17.9. The number of aliphatic hydroxyl groups excluding tert-OH is 1. The van der Waals surface area contributed by atoms with Gasteiger partial charge in [-0.2, -0.15) is 4.31 Å². The van der Waals surface area contributed by atoms with Crippen LogP contribution in [0.2, 0.25) is 0 Å². The van der Waals surface area contributed by atoms with E-state index in [2.05, 4.69) is 5.32 Å². The third kappa shape index (κ3) is 8.82. The number of halogens is 1. The van der Waals surface area contributed by atoms with Crippen molar-refractivity contribution in [1.82, 2.24) is 14.5 Å². The van der Waals surface area contributed by atoms with E-state index in [4.69, 9.17) is 5.11 Å². The summed E-state index contributed by atoms with van der Waals surface area (Å²) in [6.45, 7) is 1.85. The molecule has 13 nitrogen and oxygen atoms in total. The number of benzene rings is 3. The Morgan fingerprint density at radius 1 is 1.16 bits per heavy atom. The number of nitro benzene ring substituents is 1. The molecule has 0 spiro atoms. The van der Waals surface area contributed by atoms with E-state index in [0.29, 0.717) is 36.9 Å². The van der Waals surface area contributed by atoms with Gasteiger partial charge in [0, 0.05) is 50.8 Å². The molecule has 3 atom stereocenters. The van der Waals surface area contributed by atoms with Crippen molar-refractivity contribution in [3.8, 4) is 11.1 Å². The summed E-state index contributed by atoms with van der Waals surface area (Å²) >= 11 is 0. The molecule has 1 fully saturated rings. The van der Waals surface area contributed by atoms with Crippen LogP contribution in [0.1, 0.15) is 50.2 Å². The molecule has 0 radical (unpaired) electrons. The van der Waals surface area contributed by atoms with Crippen molar-refractivity contribution in [2.75, 3.05) is 33.2 Å². The van der Waals surface area contributed by atoms with E-state index in [1.54, 1.807) is 12.1 Å². The molecule has 3 aromatic carbocycles. The summed E-state index contributed by atoms with van der Waals surface area (Å²) in [4.78, 5) is 36.2. The Morgan fingerprint density at radius 3 is 2.58 bits per heavy atom. The third-order valence-electron chi connectivity index (χ3n) is 9.19. The molecule has 1 heterocycles. The molecule has 0 aliphatic carbocycles. The number of hydrogen-bond donors (Lipinski definition) is 4. The van der Waals surface area contributed by atoms with Crippen LogP contribution in [0, 0.1) is 21.8 Å². The summed E-state index contributed by atoms with van der Waals surface area (Å²) in [7, 11) is -3.22. The minimum absolute atomic E-state index is 0.0394. The van der Waals surface area contributed by atoms with Gasteiger partial charge in [0.15, 0.2) is 4.90 Å². The maximum atomic E-state index is 15.7. The highest BCUT2D eigenvalue weighted by molar-refractivity contribution is 7.89. The fourth-order valence-corrected chi connectivity index (χ4v) is 7.98. The highest BCUT2D eigenvalue weighted by atomic mass is 32.2. The molecular formula is C35H43FN4O9S. The Balaban J connectivity index is 1.57. The zero-order valence-corrected chi connectivity index (χ0v) is 28.8. The fourth-order valence-electron chi connectivity index (χ4n) is 6.61. The second-order valence-electron chi connectivity index (χ2n) is 12.5. The van der Waals surface area contributed by atoms with E-state index in [1.165, 1.54) is 29.2 Å². The quantitative estimate of drug-likeness (QED) is 0.0997. The molecule has 50 heavy (non-hydrogen) atoms. The minimum atomic E-state index is -4.38. The summed E-state index contributed by atoms with van der Waals surface area (Å²) in [5.41, 5.74) is -0.211. The summed E-state index contributed by atoms with van der Waals surface area (Å²) in [5.74, 6) is -1.63. The van der Waals surface area contributed by atoms with Crippen LogP contribution in [0.3, 0.4) is 0 Å². The second-order valence-corrected chi connectivity index (χ2v) is 14.5. The monoisotopic (exact) mass is 714 g/mol. The molecule has 0 saturated carbocycles. The van der Waals surface area contributed by atoms with Crippen molar-refractivity contribution in [3.05, 3.63) is 93.8 Å². The number of nitrogens with zero attached hydrogens (tertiary/aromatic N) is 3. The summed E-state index contributed by atoms with van der Waals surface area (Å²) in [5, 5.41) is 46.2.